The number of aliphatic hydroxyl groups excluding tert-OH is 3. The molecule has 2 heterocycles. The van der Waals surface area contributed by atoms with Gasteiger partial charge in [0.1, 0.15) is 6.10 Å². The van der Waals surface area contributed by atoms with E-state index in [1.807, 2.05) is 56.3 Å². The fourth-order valence-corrected chi connectivity index (χ4v) is 14.9. The van der Waals surface area contributed by atoms with E-state index in [0.29, 0.717) is 18.4 Å². The second kappa shape index (κ2) is 25.6. The molecule has 2 aromatic rings. The first kappa shape index (κ1) is 60.0. The molecule has 0 spiro atoms. The summed E-state index contributed by atoms with van der Waals surface area (Å²) in [6.45, 7) is 26.0. The van der Waals surface area contributed by atoms with Crippen LogP contribution in [0, 0.1) is 10.8 Å². The van der Waals surface area contributed by atoms with Crippen LogP contribution in [-0.2, 0) is 52.0 Å². The van der Waals surface area contributed by atoms with Gasteiger partial charge in [-0.1, -0.05) is 138 Å². The third-order valence-corrected chi connectivity index (χ3v) is 19.2. The van der Waals surface area contributed by atoms with Crippen molar-refractivity contribution in [1.29, 1.82) is 0 Å². The summed E-state index contributed by atoms with van der Waals surface area (Å²) < 4.78 is 43.8. The van der Waals surface area contributed by atoms with Crippen LogP contribution in [0.25, 0.3) is 0 Å². The summed E-state index contributed by atoms with van der Waals surface area (Å²) in [4.78, 5) is 52.4. The number of benzene rings is 2. The molecule has 3 N–H and O–H groups in total. The highest BCUT2D eigenvalue weighted by atomic mass is 28.4. The van der Waals surface area contributed by atoms with Crippen molar-refractivity contribution < 1.29 is 67.3 Å². The van der Waals surface area contributed by atoms with E-state index in [-0.39, 0.29) is 38.5 Å². The Morgan fingerprint density at radius 2 is 1.49 bits per heavy atom. The fourth-order valence-electron chi connectivity index (χ4n) is 10.2. The number of ether oxygens (including phenoxy) is 6. The number of Topliss-reactive ketones (excluding diaryl/α,β-unsaturated/α-hetero) is 1. The van der Waals surface area contributed by atoms with E-state index in [0.717, 1.165) is 15.9 Å². The van der Waals surface area contributed by atoms with Gasteiger partial charge >= 0.3 is 17.9 Å². The first-order chi connectivity index (χ1) is 33.6. The number of hydrogen-bond acceptors (Lipinski definition) is 14. The van der Waals surface area contributed by atoms with E-state index in [4.69, 9.17) is 32.8 Å². The molecule has 2 aliphatic heterocycles. The number of rotatable bonds is 24. The van der Waals surface area contributed by atoms with Gasteiger partial charge in [-0.3, -0.25) is 19.2 Å². The molecule has 15 heteroatoms. The van der Waals surface area contributed by atoms with Crippen molar-refractivity contribution in [1.82, 2.24) is 0 Å². The van der Waals surface area contributed by atoms with E-state index < -0.39 is 109 Å². The maximum atomic E-state index is 15.0. The third-order valence-electron chi connectivity index (χ3n) is 14.1. The van der Waals surface area contributed by atoms with Gasteiger partial charge in [-0.15, -0.1) is 0 Å². The van der Waals surface area contributed by atoms with Crippen molar-refractivity contribution in [2.45, 2.75) is 186 Å². The maximum Gasteiger partial charge on any atom is 0.308 e. The summed E-state index contributed by atoms with van der Waals surface area (Å²) in [7, 11) is -0.508. The van der Waals surface area contributed by atoms with Crippen LogP contribution < -0.4 is 10.4 Å². The van der Waals surface area contributed by atoms with Gasteiger partial charge in [0.15, 0.2) is 17.7 Å². The Morgan fingerprint density at radius 3 is 1.99 bits per heavy atom. The number of allylic oxidation sites excluding steroid dienone is 3. The molecule has 2 fully saturated rings. The predicted octanol–water partition coefficient (Wildman–Crippen LogP) is 7.55. The van der Waals surface area contributed by atoms with Crippen molar-refractivity contribution in [2.24, 2.45) is 10.8 Å². The van der Waals surface area contributed by atoms with Crippen molar-refractivity contribution in [3.8, 4) is 0 Å². The van der Waals surface area contributed by atoms with E-state index >= 15 is 4.79 Å². The molecule has 2 aliphatic rings. The standard InChI is InChI=1S/C57H82O14Si/c1-15-22-41(31-45(34-49(62)38(3)58)71-72(54(6,7)8,47-23-18-16-19-24-47)48-25-20-17-21-26-48)52(68-40(5)60)53(64)55(9,10)28-27-43-29-37(2)30-46(69-43)36-57(66-14)56(11,12)50(67-39(4)59)35-44(70-57)32-42(61)33-51(63)65-13/h15-28,38,42-46,49-50,52,58,61-62H,1-2,29-36H2,3-14H3/b28-27+,41-22+/t38-,42-,43+,44-,45+,46+,49-,50+,52+,57+/m1/s1. The topological polar surface area (TPSA) is 194 Å². The normalized spacial score (nSPS) is 24.1. The fraction of sp³-hybridized carbons (Fsp3) is 0.579. The lowest BCUT2D eigenvalue weighted by Gasteiger charge is -2.55. The zero-order valence-electron chi connectivity index (χ0n) is 44.7. The molecule has 2 aromatic carbocycles. The van der Waals surface area contributed by atoms with Crippen LogP contribution in [0.5, 0.6) is 0 Å². The highest BCUT2D eigenvalue weighted by Crippen LogP contribution is 2.51. The van der Waals surface area contributed by atoms with Crippen LogP contribution in [0.2, 0.25) is 5.04 Å². The smallest absolute Gasteiger partial charge is 0.308 e. The SMILES string of the molecule is C=C/C=C(\C[C@@H](C[C@@H](O)[C@@H](C)O)O[Si](c1ccccc1)(c1ccccc1)C(C)(C)C)[C@H](OC(C)=O)C(=O)C(C)(C)/C=C/[C@H]1CC(=C)C[C@@H](C[C@]2(OC)O[C@H](C[C@@H](O)CC(=O)OC)C[C@H](OC(C)=O)C2(C)C)O1. The van der Waals surface area contributed by atoms with Gasteiger partial charge in [-0.25, -0.2) is 0 Å². The van der Waals surface area contributed by atoms with Gasteiger partial charge in [0.05, 0.1) is 61.7 Å². The molecule has 10 atom stereocenters. The lowest BCUT2D eigenvalue weighted by molar-refractivity contribution is -0.358. The monoisotopic (exact) mass is 1020 g/mol. The van der Waals surface area contributed by atoms with Crippen molar-refractivity contribution in [3.05, 3.63) is 109 Å². The Bertz CT molecular complexity index is 2170. The number of methoxy groups -OCH3 is 2. The minimum Gasteiger partial charge on any atom is -0.469 e. The average Bonchev–Trinajstić information content (AvgIpc) is 3.30. The second-order valence-electron chi connectivity index (χ2n) is 21.6. The predicted molar refractivity (Wildman–Crippen MR) is 279 cm³/mol. The summed E-state index contributed by atoms with van der Waals surface area (Å²) in [5.41, 5.74) is -0.882. The molecule has 72 heavy (non-hydrogen) atoms. The molecule has 4 rings (SSSR count). The van der Waals surface area contributed by atoms with Gasteiger partial charge in [-0.2, -0.15) is 0 Å². The third kappa shape index (κ3) is 15.0. The first-order valence-corrected chi connectivity index (χ1v) is 26.9. The number of carbonyl (C=O) groups excluding carboxylic acids is 4. The number of hydrogen-bond donors (Lipinski definition) is 3. The van der Waals surface area contributed by atoms with Crippen LogP contribution >= 0.6 is 0 Å². The van der Waals surface area contributed by atoms with Crippen molar-refractivity contribution in [2.75, 3.05) is 14.2 Å². The maximum absolute atomic E-state index is 15.0. The molecule has 0 radical (unpaired) electrons. The van der Waals surface area contributed by atoms with E-state index in [1.165, 1.54) is 41.1 Å². The number of aliphatic hydroxyl groups is 3. The average molecular weight is 1020 g/mol. The molecule has 398 valence electrons. The minimum absolute atomic E-state index is 0.0000102. The van der Waals surface area contributed by atoms with Gasteiger partial charge in [0.2, 0.25) is 0 Å². The van der Waals surface area contributed by atoms with E-state index in [9.17, 15) is 29.7 Å². The van der Waals surface area contributed by atoms with Crippen LogP contribution in [-0.4, -0.2) is 122 Å². The van der Waals surface area contributed by atoms with Gasteiger partial charge in [-0.05, 0) is 61.0 Å². The summed E-state index contributed by atoms with van der Waals surface area (Å²) in [6, 6.07) is 20.0. The molecule has 0 aromatic heterocycles. The Balaban J connectivity index is 1.68. The van der Waals surface area contributed by atoms with Crippen LogP contribution in [0.4, 0.5) is 0 Å². The van der Waals surface area contributed by atoms with Crippen LogP contribution in [0.15, 0.2) is 109 Å². The summed E-state index contributed by atoms with van der Waals surface area (Å²) in [6.07, 6.45) is -0.0394. The quantitative estimate of drug-likeness (QED) is 0.0307. The molecule has 0 aliphatic carbocycles. The zero-order chi connectivity index (χ0) is 53.8. The lowest BCUT2D eigenvalue weighted by Crippen LogP contribution is -2.68. The molecule has 0 unspecified atom stereocenters. The van der Waals surface area contributed by atoms with Crippen molar-refractivity contribution in [3.63, 3.8) is 0 Å². The summed E-state index contributed by atoms with van der Waals surface area (Å²) >= 11 is 0. The molecule has 0 saturated carbocycles. The summed E-state index contributed by atoms with van der Waals surface area (Å²) in [5.74, 6) is -3.55. The number of ketones is 1. The highest BCUT2D eigenvalue weighted by molar-refractivity contribution is 6.99. The molecule has 0 amide bonds. The van der Waals surface area contributed by atoms with Crippen LogP contribution in [0.1, 0.15) is 121 Å². The van der Waals surface area contributed by atoms with Gasteiger partial charge in [0, 0.05) is 52.1 Å². The molecule has 14 nitrogen and oxygen atoms in total. The first-order valence-electron chi connectivity index (χ1n) is 25.0. The van der Waals surface area contributed by atoms with Gasteiger partial charge in [0.25, 0.3) is 8.32 Å². The van der Waals surface area contributed by atoms with Crippen molar-refractivity contribution >= 4 is 42.4 Å². The Labute approximate surface area is 428 Å². The number of esters is 3. The molecular formula is C57H82O14Si. The minimum atomic E-state index is -3.27. The lowest BCUT2D eigenvalue weighted by atomic mass is 9.70. The number of carbonyl (C=O) groups is 4. The Hall–Kier alpha value is -4.58. The molecule has 2 saturated heterocycles. The second-order valence-corrected chi connectivity index (χ2v) is 25.9. The zero-order valence-corrected chi connectivity index (χ0v) is 45.7. The molecular weight excluding hydrogens is 937 g/mol. The van der Waals surface area contributed by atoms with Crippen LogP contribution in [0.3, 0.4) is 0 Å². The van der Waals surface area contributed by atoms with E-state index in [1.54, 1.807) is 26.0 Å². The van der Waals surface area contributed by atoms with Gasteiger partial charge < -0.3 is 48.2 Å². The largest absolute Gasteiger partial charge is 0.469 e. The Morgan fingerprint density at radius 1 is 0.889 bits per heavy atom. The highest BCUT2D eigenvalue weighted by Gasteiger charge is 2.59. The summed E-state index contributed by atoms with van der Waals surface area (Å²) in [5, 5.41) is 34.3. The molecule has 0 bridgehead atoms. The van der Waals surface area contributed by atoms with E-state index in [2.05, 4.69) is 58.2 Å². The Kier molecular flexibility index (Phi) is 21.3.